The second-order valence-electron chi connectivity index (χ2n) is 3.12. The second-order valence-corrected chi connectivity index (χ2v) is 3.12. The molecule has 0 aromatic carbocycles. The number of nitrogens with zero attached hydrogens (tertiary/aromatic N) is 1. The lowest BCUT2D eigenvalue weighted by molar-refractivity contribution is -0.919. The van der Waals surface area contributed by atoms with Gasteiger partial charge in [0.15, 0.2) is 0 Å². The molecule has 76 valence electrons. The monoisotopic (exact) mass is 204 g/mol. The van der Waals surface area contributed by atoms with Crippen LogP contribution >= 0.6 is 0 Å². The van der Waals surface area contributed by atoms with Gasteiger partial charge >= 0.3 is 0 Å². The Morgan fingerprint density at radius 3 is 2.46 bits per heavy atom. The summed E-state index contributed by atoms with van der Waals surface area (Å²) in [6.07, 6.45) is 5.24. The van der Waals surface area contributed by atoms with Gasteiger partial charge < -0.3 is 12.4 Å². The highest BCUT2D eigenvalue weighted by molar-refractivity contribution is 5.85. The first-order valence-electron chi connectivity index (χ1n) is 3.90. The van der Waals surface area contributed by atoms with Crippen molar-refractivity contribution < 1.29 is 21.8 Å². The Balaban J connectivity index is 0. The molecular formula is C9H17ClN2O. The van der Waals surface area contributed by atoms with E-state index >= 15 is 0 Å². The Bertz CT molecular complexity index is 200. The lowest BCUT2D eigenvalue weighted by Gasteiger charge is -2.26. The van der Waals surface area contributed by atoms with Gasteiger partial charge in [-0.1, -0.05) is 12.7 Å². The lowest BCUT2D eigenvalue weighted by atomic mass is 10.5. The molecule has 1 amide bonds. The number of amides is 1. The molecule has 0 aliphatic heterocycles. The number of halogens is 1. The maximum absolute atomic E-state index is 10.9. The van der Waals surface area contributed by atoms with E-state index < -0.39 is 0 Å². The maximum Gasteiger partial charge on any atom is 0.288 e. The number of allylic oxidation sites excluding steroid dienone is 1. The van der Waals surface area contributed by atoms with Crippen LogP contribution in [0.15, 0.2) is 24.8 Å². The van der Waals surface area contributed by atoms with Crippen LogP contribution in [0.25, 0.3) is 0 Å². The molecule has 13 heavy (non-hydrogen) atoms. The third-order valence-corrected chi connectivity index (χ3v) is 1.40. The summed E-state index contributed by atoms with van der Waals surface area (Å²) in [6.45, 7) is 6.11. The average Bonchev–Trinajstić information content (AvgIpc) is 2.00. The summed E-state index contributed by atoms with van der Waals surface area (Å²) in [6, 6.07) is 0. The fourth-order valence-corrected chi connectivity index (χ4v) is 0.759. The largest absolute Gasteiger partial charge is 1.00 e. The van der Waals surface area contributed by atoms with Crippen molar-refractivity contribution in [2.24, 2.45) is 0 Å². The van der Waals surface area contributed by atoms with Crippen LogP contribution < -0.4 is 17.8 Å². The van der Waals surface area contributed by atoms with Crippen LogP contribution in [0.4, 0.5) is 0 Å². The Morgan fingerprint density at radius 2 is 2.08 bits per heavy atom. The topological polar surface area (TPSA) is 29.1 Å². The number of carbonyl (C=O) groups excluding carboxylic acids is 1. The first kappa shape index (κ1) is 14.7. The molecule has 0 spiro atoms. The first-order valence-corrected chi connectivity index (χ1v) is 3.90. The van der Waals surface area contributed by atoms with Gasteiger partial charge in [0.2, 0.25) is 0 Å². The number of nitrogens with one attached hydrogen (secondary N) is 1. The van der Waals surface area contributed by atoms with E-state index in [1.54, 1.807) is 0 Å². The number of likely N-dealkylation sites (N-methyl/N-ethyl adjacent to an activating group) is 1. The van der Waals surface area contributed by atoms with Gasteiger partial charge in [0.05, 0.1) is 14.1 Å². The molecule has 0 bridgehead atoms. The van der Waals surface area contributed by atoms with Crippen LogP contribution in [0, 0.1) is 0 Å². The highest BCUT2D eigenvalue weighted by atomic mass is 35.5. The van der Waals surface area contributed by atoms with Crippen molar-refractivity contribution in [2.75, 3.05) is 20.6 Å². The molecule has 0 rings (SSSR count). The molecule has 0 aliphatic rings. The third-order valence-electron chi connectivity index (χ3n) is 1.40. The number of carbonyl (C=O) groups is 1. The molecule has 0 aromatic heterocycles. The van der Waals surface area contributed by atoms with Crippen molar-refractivity contribution in [1.29, 1.82) is 0 Å². The van der Waals surface area contributed by atoms with E-state index in [1.807, 2.05) is 33.2 Å². The minimum Gasteiger partial charge on any atom is -1.00 e. The molecule has 0 saturated carbocycles. The second kappa shape index (κ2) is 6.69. The summed E-state index contributed by atoms with van der Waals surface area (Å²) in [7, 11) is 3.84. The Kier molecular flexibility index (Phi) is 7.57. The van der Waals surface area contributed by atoms with Gasteiger partial charge in [0.1, 0.15) is 6.54 Å². The van der Waals surface area contributed by atoms with Gasteiger partial charge in [-0.25, -0.2) is 4.59 Å². The van der Waals surface area contributed by atoms with E-state index in [0.29, 0.717) is 4.59 Å². The van der Waals surface area contributed by atoms with Crippen molar-refractivity contribution in [3.05, 3.63) is 24.8 Å². The lowest BCUT2D eigenvalue weighted by Crippen LogP contribution is -3.00. The van der Waals surface area contributed by atoms with Crippen molar-refractivity contribution >= 4 is 5.91 Å². The zero-order chi connectivity index (χ0) is 9.61. The smallest absolute Gasteiger partial charge is 0.288 e. The average molecular weight is 205 g/mol. The van der Waals surface area contributed by atoms with Crippen LogP contribution in [0.5, 0.6) is 0 Å². The molecule has 0 heterocycles. The molecule has 0 fully saturated rings. The molecule has 0 radical (unpaired) electrons. The van der Waals surface area contributed by atoms with Gasteiger partial charge in [0, 0.05) is 6.08 Å². The van der Waals surface area contributed by atoms with Crippen LogP contribution in [-0.4, -0.2) is 31.1 Å². The van der Waals surface area contributed by atoms with Gasteiger partial charge in [-0.2, -0.15) is 5.43 Å². The first-order chi connectivity index (χ1) is 5.52. The summed E-state index contributed by atoms with van der Waals surface area (Å²) in [5.74, 6) is -0.149. The molecule has 0 aliphatic carbocycles. The number of quaternary nitrogens is 1. The molecule has 0 atom stereocenters. The van der Waals surface area contributed by atoms with Crippen LogP contribution in [0.1, 0.15) is 6.92 Å². The van der Waals surface area contributed by atoms with E-state index in [2.05, 4.69) is 12.0 Å². The van der Waals surface area contributed by atoms with Gasteiger partial charge in [0.25, 0.3) is 5.91 Å². The van der Waals surface area contributed by atoms with E-state index in [9.17, 15) is 4.79 Å². The van der Waals surface area contributed by atoms with E-state index in [1.165, 1.54) is 6.08 Å². The van der Waals surface area contributed by atoms with Crippen molar-refractivity contribution in [1.82, 2.24) is 5.43 Å². The Labute approximate surface area is 86.1 Å². The van der Waals surface area contributed by atoms with Crippen LogP contribution in [0.3, 0.4) is 0 Å². The molecule has 0 saturated heterocycles. The fourth-order valence-electron chi connectivity index (χ4n) is 0.759. The Morgan fingerprint density at radius 1 is 1.54 bits per heavy atom. The van der Waals surface area contributed by atoms with Crippen LogP contribution in [-0.2, 0) is 4.79 Å². The zero-order valence-electron chi connectivity index (χ0n) is 8.38. The number of hydrogen-bond acceptors (Lipinski definition) is 1. The molecular weight excluding hydrogens is 188 g/mol. The number of hydrogen-bond donors (Lipinski definition) is 1. The SMILES string of the molecule is C=CC(=O)N[N+](C)(C)CC=CC.[Cl-]. The van der Waals surface area contributed by atoms with Gasteiger partial charge in [-0.15, -0.1) is 0 Å². The summed E-state index contributed by atoms with van der Waals surface area (Å²) in [5.41, 5.74) is 2.77. The summed E-state index contributed by atoms with van der Waals surface area (Å²) >= 11 is 0. The number of rotatable bonds is 4. The van der Waals surface area contributed by atoms with E-state index in [4.69, 9.17) is 0 Å². The molecule has 0 aromatic rings. The normalized spacial score (nSPS) is 10.7. The van der Waals surface area contributed by atoms with Crippen molar-refractivity contribution in [3.63, 3.8) is 0 Å². The maximum atomic E-state index is 10.9. The molecule has 1 N–H and O–H groups in total. The fraction of sp³-hybridized carbons (Fsp3) is 0.444. The Hall–Kier alpha value is -0.800. The quantitative estimate of drug-likeness (QED) is 0.241. The van der Waals surface area contributed by atoms with Crippen molar-refractivity contribution in [3.8, 4) is 0 Å². The predicted molar refractivity (Wildman–Crippen MR) is 50.1 cm³/mol. The minimum atomic E-state index is -0.149. The highest BCUT2D eigenvalue weighted by Gasteiger charge is 2.14. The molecule has 3 nitrogen and oxygen atoms in total. The predicted octanol–water partition coefficient (Wildman–Crippen LogP) is -2.14. The van der Waals surface area contributed by atoms with E-state index in [0.717, 1.165) is 6.54 Å². The summed E-state index contributed by atoms with van der Waals surface area (Å²) in [5, 5.41) is 0. The summed E-state index contributed by atoms with van der Waals surface area (Å²) < 4.78 is 0.440. The third kappa shape index (κ3) is 7.56. The molecule has 4 heteroatoms. The zero-order valence-corrected chi connectivity index (χ0v) is 9.14. The minimum absolute atomic E-state index is 0. The van der Waals surface area contributed by atoms with Gasteiger partial charge in [-0.3, -0.25) is 4.79 Å². The summed E-state index contributed by atoms with van der Waals surface area (Å²) in [4.78, 5) is 10.9. The molecule has 0 unspecified atom stereocenters. The van der Waals surface area contributed by atoms with Gasteiger partial charge in [-0.05, 0) is 13.0 Å². The van der Waals surface area contributed by atoms with Crippen LogP contribution in [0.2, 0.25) is 0 Å². The van der Waals surface area contributed by atoms with Crippen molar-refractivity contribution in [2.45, 2.75) is 6.92 Å². The standard InChI is InChI=1S/C9H16N2O.ClH/c1-5-7-8-11(3,4)10-9(12)6-2;/h5-7H,2,8H2,1,3-4H3;1H. The highest BCUT2D eigenvalue weighted by Crippen LogP contribution is 1.91. The van der Waals surface area contributed by atoms with E-state index in [-0.39, 0.29) is 18.3 Å².